The van der Waals surface area contributed by atoms with E-state index < -0.39 is 0 Å². The number of rotatable bonds is 30. The van der Waals surface area contributed by atoms with Crippen molar-refractivity contribution >= 4 is 11.9 Å². The number of carbonyl (C=O) groups is 2. The molecule has 0 bridgehead atoms. The summed E-state index contributed by atoms with van der Waals surface area (Å²) in [4.78, 5) is 23.8. The lowest BCUT2D eigenvalue weighted by Gasteiger charge is -2.09. The molecular formula is C34H66O4. The molecule has 38 heavy (non-hydrogen) atoms. The van der Waals surface area contributed by atoms with Crippen LogP contribution in [0, 0.1) is 0 Å². The van der Waals surface area contributed by atoms with Crippen molar-refractivity contribution in [3.63, 3.8) is 0 Å². The molecule has 0 fully saturated rings. The van der Waals surface area contributed by atoms with E-state index in [1.165, 1.54) is 116 Å². The summed E-state index contributed by atoms with van der Waals surface area (Å²) in [6.45, 7) is 4.46. The van der Waals surface area contributed by atoms with Crippen molar-refractivity contribution in [2.75, 3.05) is 0 Å². The molecule has 0 heterocycles. The molecule has 226 valence electrons. The second kappa shape index (κ2) is 30.6. The molecule has 4 nitrogen and oxygen atoms in total. The van der Waals surface area contributed by atoms with E-state index in [0.717, 1.165) is 57.8 Å². The molecule has 0 aromatic heterocycles. The maximum Gasteiger partial charge on any atom is 0.313 e. The predicted octanol–water partition coefficient (Wildman–Crippen LogP) is 10.8. The van der Waals surface area contributed by atoms with Crippen molar-refractivity contribution in [3.8, 4) is 0 Å². The number of hydrogen-bond acceptors (Lipinski definition) is 4. The van der Waals surface area contributed by atoms with Gasteiger partial charge in [-0.1, -0.05) is 162 Å². The standard InChI is InChI=1S/C34H66O4/c1-3-5-7-8-9-10-11-12-13-16-19-22-26-30-33(36)38-34(37)31-27-23-20-17-14-15-18-21-25-29-32(35)28-24-6-4-2/h32,35H,3-31H2,1-2H3. The molecule has 1 N–H and O–H groups in total. The molecule has 1 atom stereocenters. The Morgan fingerprint density at radius 1 is 0.447 bits per heavy atom. The van der Waals surface area contributed by atoms with Crippen molar-refractivity contribution in [3.05, 3.63) is 0 Å². The van der Waals surface area contributed by atoms with Crippen LogP contribution in [0.5, 0.6) is 0 Å². The SMILES string of the molecule is CCCCCCCCCCCCCCCC(=O)OC(=O)CCCCCCCCCCCC(O)CCCCC. The lowest BCUT2D eigenvalue weighted by atomic mass is 10.0. The summed E-state index contributed by atoms with van der Waals surface area (Å²) in [5, 5.41) is 9.95. The second-order valence-electron chi connectivity index (χ2n) is 11.7. The van der Waals surface area contributed by atoms with Crippen molar-refractivity contribution in [1.82, 2.24) is 0 Å². The summed E-state index contributed by atoms with van der Waals surface area (Å²) in [5.41, 5.74) is 0. The zero-order valence-corrected chi connectivity index (χ0v) is 25.8. The number of unbranched alkanes of at least 4 members (excludes halogenated alkanes) is 22. The molecule has 0 aliphatic rings. The molecule has 0 aromatic carbocycles. The average Bonchev–Trinajstić information content (AvgIpc) is 2.90. The zero-order valence-electron chi connectivity index (χ0n) is 25.8. The Labute approximate surface area is 237 Å². The Bertz CT molecular complexity index is 505. The molecule has 0 radical (unpaired) electrons. The van der Waals surface area contributed by atoms with Crippen molar-refractivity contribution in [2.45, 2.75) is 206 Å². The molecule has 0 rings (SSSR count). The van der Waals surface area contributed by atoms with Gasteiger partial charge in [-0.15, -0.1) is 0 Å². The van der Waals surface area contributed by atoms with Gasteiger partial charge < -0.3 is 9.84 Å². The first-order valence-electron chi connectivity index (χ1n) is 17.0. The first kappa shape index (κ1) is 37.1. The highest BCUT2D eigenvalue weighted by Crippen LogP contribution is 2.15. The minimum absolute atomic E-state index is 0.0947. The molecule has 0 amide bonds. The molecule has 0 aromatic rings. The number of ether oxygens (including phenoxy) is 1. The maximum atomic E-state index is 11.9. The summed E-state index contributed by atoms with van der Waals surface area (Å²) < 4.78 is 4.99. The van der Waals surface area contributed by atoms with E-state index in [-0.39, 0.29) is 18.0 Å². The first-order valence-corrected chi connectivity index (χ1v) is 17.0. The quantitative estimate of drug-likeness (QED) is 0.0561. The number of esters is 2. The first-order chi connectivity index (χ1) is 18.6. The van der Waals surface area contributed by atoms with Gasteiger partial charge in [0, 0.05) is 12.8 Å². The van der Waals surface area contributed by atoms with Crippen LogP contribution in [0.3, 0.4) is 0 Å². The summed E-state index contributed by atoms with van der Waals surface area (Å²) in [7, 11) is 0. The summed E-state index contributed by atoms with van der Waals surface area (Å²) in [5.74, 6) is -0.687. The molecular weight excluding hydrogens is 472 g/mol. The Kier molecular flexibility index (Phi) is 29.9. The van der Waals surface area contributed by atoms with E-state index in [4.69, 9.17) is 4.74 Å². The highest BCUT2D eigenvalue weighted by atomic mass is 16.6. The van der Waals surface area contributed by atoms with Crippen LogP contribution in [0.4, 0.5) is 0 Å². The van der Waals surface area contributed by atoms with Crippen LogP contribution in [0.15, 0.2) is 0 Å². The Hall–Kier alpha value is -0.900. The second-order valence-corrected chi connectivity index (χ2v) is 11.7. The highest BCUT2D eigenvalue weighted by molar-refractivity contribution is 5.85. The third-order valence-electron chi connectivity index (χ3n) is 7.77. The molecule has 0 aliphatic heterocycles. The van der Waals surface area contributed by atoms with Crippen molar-refractivity contribution in [1.29, 1.82) is 0 Å². The molecule has 0 saturated heterocycles. The topological polar surface area (TPSA) is 63.6 Å². The van der Waals surface area contributed by atoms with Gasteiger partial charge in [-0.2, -0.15) is 0 Å². The van der Waals surface area contributed by atoms with Crippen LogP contribution in [0.25, 0.3) is 0 Å². The lowest BCUT2D eigenvalue weighted by molar-refractivity contribution is -0.159. The molecule has 4 heteroatoms. The van der Waals surface area contributed by atoms with Crippen molar-refractivity contribution < 1.29 is 19.4 Å². The van der Waals surface area contributed by atoms with Gasteiger partial charge in [0.05, 0.1) is 6.10 Å². The van der Waals surface area contributed by atoms with E-state index in [1.54, 1.807) is 0 Å². The molecule has 1 unspecified atom stereocenters. The van der Waals surface area contributed by atoms with E-state index in [1.807, 2.05) is 0 Å². The average molecular weight is 539 g/mol. The van der Waals surface area contributed by atoms with Crippen molar-refractivity contribution in [2.24, 2.45) is 0 Å². The van der Waals surface area contributed by atoms with Crippen LogP contribution in [0.1, 0.15) is 200 Å². The number of aliphatic hydroxyl groups excluding tert-OH is 1. The third-order valence-corrected chi connectivity index (χ3v) is 7.77. The fourth-order valence-corrected chi connectivity index (χ4v) is 5.18. The monoisotopic (exact) mass is 538 g/mol. The van der Waals surface area contributed by atoms with Gasteiger partial charge in [-0.25, -0.2) is 0 Å². The maximum absolute atomic E-state index is 11.9. The zero-order chi connectivity index (χ0) is 27.9. The minimum Gasteiger partial charge on any atom is -0.393 e. The fourth-order valence-electron chi connectivity index (χ4n) is 5.18. The smallest absolute Gasteiger partial charge is 0.313 e. The summed E-state index contributed by atoms with van der Waals surface area (Å²) in [6.07, 6.45) is 33.2. The van der Waals surface area contributed by atoms with Crippen LogP contribution < -0.4 is 0 Å². The van der Waals surface area contributed by atoms with Gasteiger partial charge in [0.1, 0.15) is 0 Å². The Morgan fingerprint density at radius 3 is 1.08 bits per heavy atom. The molecule has 0 aliphatic carbocycles. The van der Waals surface area contributed by atoms with Gasteiger partial charge in [-0.3, -0.25) is 9.59 Å². The Balaban J connectivity index is 3.33. The van der Waals surface area contributed by atoms with Gasteiger partial charge in [0.25, 0.3) is 0 Å². The normalized spacial score (nSPS) is 12.1. The van der Waals surface area contributed by atoms with E-state index in [9.17, 15) is 14.7 Å². The van der Waals surface area contributed by atoms with Crippen LogP contribution in [-0.2, 0) is 14.3 Å². The minimum atomic E-state index is -0.346. The van der Waals surface area contributed by atoms with Gasteiger partial charge in [0.15, 0.2) is 0 Å². The number of aliphatic hydroxyl groups is 1. The van der Waals surface area contributed by atoms with Crippen LogP contribution in [-0.4, -0.2) is 23.1 Å². The number of hydrogen-bond donors (Lipinski definition) is 1. The highest BCUT2D eigenvalue weighted by Gasteiger charge is 2.10. The largest absolute Gasteiger partial charge is 0.393 e. The van der Waals surface area contributed by atoms with Crippen LogP contribution >= 0.6 is 0 Å². The van der Waals surface area contributed by atoms with Gasteiger partial charge in [-0.05, 0) is 25.7 Å². The summed E-state index contributed by atoms with van der Waals surface area (Å²) >= 11 is 0. The van der Waals surface area contributed by atoms with E-state index in [2.05, 4.69) is 13.8 Å². The van der Waals surface area contributed by atoms with Crippen LogP contribution in [0.2, 0.25) is 0 Å². The van der Waals surface area contributed by atoms with Gasteiger partial charge >= 0.3 is 11.9 Å². The fraction of sp³-hybridized carbons (Fsp3) is 0.941. The Morgan fingerprint density at radius 2 is 0.711 bits per heavy atom. The van der Waals surface area contributed by atoms with Gasteiger partial charge in [0.2, 0.25) is 0 Å². The summed E-state index contributed by atoms with van der Waals surface area (Å²) in [6, 6.07) is 0. The van der Waals surface area contributed by atoms with E-state index >= 15 is 0 Å². The number of carbonyl (C=O) groups excluding carboxylic acids is 2. The third kappa shape index (κ3) is 29.7. The lowest BCUT2D eigenvalue weighted by Crippen LogP contribution is -2.11. The van der Waals surface area contributed by atoms with E-state index in [0.29, 0.717) is 12.8 Å². The molecule has 0 spiro atoms. The predicted molar refractivity (Wildman–Crippen MR) is 162 cm³/mol. The molecule has 0 saturated carbocycles.